The van der Waals surface area contributed by atoms with Crippen LogP contribution in [-0.2, 0) is 14.3 Å². The average molecular weight is 424 g/mol. The van der Waals surface area contributed by atoms with Gasteiger partial charge in [0, 0.05) is 31.5 Å². The highest BCUT2D eigenvalue weighted by atomic mass is 35.5. The van der Waals surface area contributed by atoms with Crippen LogP contribution in [0.1, 0.15) is 5.56 Å². The molecule has 154 valence electrons. The van der Waals surface area contributed by atoms with E-state index in [9.17, 15) is 23.9 Å². The Bertz CT molecular complexity index is 1030. The standard InChI is InChI=1S/C19H19ClFN3O5/c1-9-5-10(20)8-24(18(9)26)11-3-4-13(12(21)6-11)23-17(25)16-15(19(27)28)14(29-2)7-22-16/h3-6,8,14-16,22H,7H2,1-2H3,(H,23,25)(H,27,28)/t14-,15?,16+/m0/s1. The summed E-state index contributed by atoms with van der Waals surface area (Å²) >= 11 is 5.97. The number of methoxy groups -OCH3 is 1. The Morgan fingerprint density at radius 1 is 1.38 bits per heavy atom. The van der Waals surface area contributed by atoms with Crippen LogP contribution in [0.5, 0.6) is 0 Å². The van der Waals surface area contributed by atoms with Crippen LogP contribution < -0.4 is 16.2 Å². The largest absolute Gasteiger partial charge is 0.481 e. The number of aryl methyl sites for hydroxylation is 1. The zero-order valence-corrected chi connectivity index (χ0v) is 16.4. The first kappa shape index (κ1) is 21.0. The molecule has 2 aromatic rings. The Hall–Kier alpha value is -2.75. The second kappa shape index (κ2) is 8.32. The summed E-state index contributed by atoms with van der Waals surface area (Å²) in [6.45, 7) is 1.78. The number of pyridine rings is 1. The van der Waals surface area contributed by atoms with E-state index in [0.717, 1.165) is 6.07 Å². The van der Waals surface area contributed by atoms with Gasteiger partial charge in [-0.15, -0.1) is 0 Å². The van der Waals surface area contributed by atoms with E-state index >= 15 is 0 Å². The van der Waals surface area contributed by atoms with Crippen molar-refractivity contribution in [2.75, 3.05) is 19.0 Å². The molecule has 29 heavy (non-hydrogen) atoms. The molecular weight excluding hydrogens is 405 g/mol. The Labute approximate surface area is 170 Å². The van der Waals surface area contributed by atoms with Crippen molar-refractivity contribution in [3.05, 3.63) is 57.2 Å². The van der Waals surface area contributed by atoms with Crippen LogP contribution >= 0.6 is 11.6 Å². The highest BCUT2D eigenvalue weighted by Crippen LogP contribution is 2.23. The lowest BCUT2D eigenvalue weighted by Gasteiger charge is -2.19. The monoisotopic (exact) mass is 423 g/mol. The normalized spacial score (nSPS) is 21.2. The molecule has 1 unspecified atom stereocenters. The Morgan fingerprint density at radius 3 is 2.72 bits per heavy atom. The number of carbonyl (C=O) groups is 2. The molecule has 3 N–H and O–H groups in total. The first-order chi connectivity index (χ1) is 13.7. The van der Waals surface area contributed by atoms with E-state index in [0.29, 0.717) is 10.6 Å². The SMILES string of the molecule is CO[C@H]1CN[C@@H](C(=O)Nc2ccc(-n3cc(Cl)cc(C)c3=O)cc2F)C1C(=O)O. The molecule has 3 atom stereocenters. The van der Waals surface area contributed by atoms with Crippen molar-refractivity contribution in [2.45, 2.75) is 19.1 Å². The van der Waals surface area contributed by atoms with Crippen LogP contribution in [0.2, 0.25) is 5.02 Å². The molecule has 0 aliphatic carbocycles. The predicted octanol–water partition coefficient (Wildman–Crippen LogP) is 1.56. The number of amides is 1. The second-order valence-corrected chi connectivity index (χ2v) is 7.13. The van der Waals surface area contributed by atoms with E-state index in [1.807, 2.05) is 0 Å². The van der Waals surface area contributed by atoms with Crippen molar-refractivity contribution < 1.29 is 23.8 Å². The van der Waals surface area contributed by atoms with Crippen molar-refractivity contribution >= 4 is 29.2 Å². The van der Waals surface area contributed by atoms with Gasteiger partial charge in [0.1, 0.15) is 17.8 Å². The molecule has 1 amide bonds. The number of aromatic nitrogens is 1. The van der Waals surface area contributed by atoms with Crippen molar-refractivity contribution in [2.24, 2.45) is 5.92 Å². The number of carboxylic acid groups (broad SMARTS) is 1. The third-order valence-corrected chi connectivity index (χ3v) is 5.03. The van der Waals surface area contributed by atoms with Crippen molar-refractivity contribution in [1.29, 1.82) is 0 Å². The summed E-state index contributed by atoms with van der Waals surface area (Å²) in [6, 6.07) is 4.26. The number of rotatable bonds is 5. The topological polar surface area (TPSA) is 110 Å². The lowest BCUT2D eigenvalue weighted by molar-refractivity contribution is -0.147. The quantitative estimate of drug-likeness (QED) is 0.673. The van der Waals surface area contributed by atoms with Crippen molar-refractivity contribution in [3.63, 3.8) is 0 Å². The van der Waals surface area contributed by atoms with E-state index in [2.05, 4.69) is 10.6 Å². The number of carboxylic acids is 1. The molecule has 3 rings (SSSR count). The van der Waals surface area contributed by atoms with Crippen LogP contribution in [-0.4, -0.2) is 47.4 Å². The maximum atomic E-state index is 14.6. The van der Waals surface area contributed by atoms with Crippen LogP contribution in [0, 0.1) is 18.7 Å². The zero-order valence-electron chi connectivity index (χ0n) is 15.6. The van der Waals surface area contributed by atoms with Crippen LogP contribution in [0.15, 0.2) is 35.3 Å². The second-order valence-electron chi connectivity index (χ2n) is 6.69. The number of nitrogens with zero attached hydrogens (tertiary/aromatic N) is 1. The molecule has 8 nitrogen and oxygen atoms in total. The van der Waals surface area contributed by atoms with Gasteiger partial charge >= 0.3 is 5.97 Å². The fourth-order valence-corrected chi connectivity index (χ4v) is 3.60. The number of ether oxygens (including phenoxy) is 1. The Morgan fingerprint density at radius 2 is 2.10 bits per heavy atom. The van der Waals surface area contributed by atoms with Gasteiger partial charge in [-0.05, 0) is 25.1 Å². The average Bonchev–Trinajstić information content (AvgIpc) is 3.11. The highest BCUT2D eigenvalue weighted by molar-refractivity contribution is 6.30. The Kier molecular flexibility index (Phi) is 6.02. The minimum absolute atomic E-state index is 0.141. The van der Waals surface area contributed by atoms with Gasteiger partial charge in [0.25, 0.3) is 5.56 Å². The highest BCUT2D eigenvalue weighted by Gasteiger charge is 2.45. The van der Waals surface area contributed by atoms with E-state index < -0.39 is 35.8 Å². The summed E-state index contributed by atoms with van der Waals surface area (Å²) in [4.78, 5) is 36.3. The minimum Gasteiger partial charge on any atom is -0.481 e. The number of benzene rings is 1. The number of halogens is 2. The van der Waals surface area contributed by atoms with E-state index in [1.165, 1.54) is 36.1 Å². The number of aliphatic carboxylic acids is 1. The third kappa shape index (κ3) is 4.16. The summed E-state index contributed by atoms with van der Waals surface area (Å²) in [6.07, 6.45) is 0.697. The molecule has 0 radical (unpaired) electrons. The van der Waals surface area contributed by atoms with Gasteiger partial charge in [-0.3, -0.25) is 19.0 Å². The molecule has 1 aromatic heterocycles. The first-order valence-corrected chi connectivity index (χ1v) is 9.09. The fraction of sp³-hybridized carbons (Fsp3) is 0.316. The molecule has 1 aromatic carbocycles. The number of hydrogen-bond acceptors (Lipinski definition) is 5. The molecule has 1 fully saturated rings. The van der Waals surface area contributed by atoms with Gasteiger partial charge < -0.3 is 20.5 Å². The molecule has 2 heterocycles. The lowest BCUT2D eigenvalue weighted by atomic mass is 9.98. The maximum absolute atomic E-state index is 14.6. The van der Waals surface area contributed by atoms with Crippen molar-refractivity contribution in [1.82, 2.24) is 9.88 Å². The first-order valence-electron chi connectivity index (χ1n) is 8.71. The summed E-state index contributed by atoms with van der Waals surface area (Å²) < 4.78 is 20.9. The number of anilines is 1. The zero-order chi connectivity index (χ0) is 21.3. The smallest absolute Gasteiger partial charge is 0.311 e. The summed E-state index contributed by atoms with van der Waals surface area (Å²) in [5.41, 5.74) is 0.140. The van der Waals surface area contributed by atoms with E-state index in [4.69, 9.17) is 16.3 Å². The third-order valence-electron chi connectivity index (χ3n) is 4.82. The summed E-state index contributed by atoms with van der Waals surface area (Å²) in [7, 11) is 1.36. The van der Waals surface area contributed by atoms with Gasteiger partial charge in [0.05, 0.1) is 22.5 Å². The van der Waals surface area contributed by atoms with Crippen LogP contribution in [0.3, 0.4) is 0 Å². The van der Waals surface area contributed by atoms with Crippen LogP contribution in [0.25, 0.3) is 5.69 Å². The van der Waals surface area contributed by atoms with Crippen molar-refractivity contribution in [3.8, 4) is 5.69 Å². The molecule has 0 spiro atoms. The maximum Gasteiger partial charge on any atom is 0.311 e. The Balaban J connectivity index is 1.84. The number of carbonyl (C=O) groups excluding carboxylic acids is 1. The van der Waals surface area contributed by atoms with Crippen LogP contribution in [0.4, 0.5) is 10.1 Å². The van der Waals surface area contributed by atoms with Gasteiger partial charge in [0.15, 0.2) is 0 Å². The molecule has 0 bridgehead atoms. The van der Waals surface area contributed by atoms with E-state index in [-0.39, 0.29) is 23.5 Å². The van der Waals surface area contributed by atoms with Gasteiger partial charge in [-0.25, -0.2) is 4.39 Å². The number of nitrogens with one attached hydrogen (secondary N) is 2. The fourth-order valence-electron chi connectivity index (χ4n) is 3.33. The van der Waals surface area contributed by atoms with Gasteiger partial charge in [-0.1, -0.05) is 11.6 Å². The molecular formula is C19H19ClFN3O5. The lowest BCUT2D eigenvalue weighted by Crippen LogP contribution is -2.44. The predicted molar refractivity (Wildman–Crippen MR) is 104 cm³/mol. The summed E-state index contributed by atoms with van der Waals surface area (Å²) in [5.74, 6) is -3.77. The summed E-state index contributed by atoms with van der Waals surface area (Å²) in [5, 5.41) is 14.9. The molecule has 1 aliphatic rings. The molecule has 0 saturated carbocycles. The molecule has 1 aliphatic heterocycles. The van der Waals surface area contributed by atoms with Gasteiger partial charge in [-0.2, -0.15) is 0 Å². The molecule has 10 heteroatoms. The minimum atomic E-state index is -1.19. The van der Waals surface area contributed by atoms with Gasteiger partial charge in [0.2, 0.25) is 5.91 Å². The molecule has 1 saturated heterocycles. The number of hydrogen-bond donors (Lipinski definition) is 3. The van der Waals surface area contributed by atoms with E-state index in [1.54, 1.807) is 6.92 Å².